The fourth-order valence-electron chi connectivity index (χ4n) is 3.35. The van der Waals surface area contributed by atoms with Gasteiger partial charge in [0.2, 0.25) is 0 Å². The topological polar surface area (TPSA) is 23.5 Å². The van der Waals surface area contributed by atoms with Crippen LogP contribution in [0.1, 0.15) is 50.2 Å². The van der Waals surface area contributed by atoms with Gasteiger partial charge in [0, 0.05) is 0 Å². The number of hydrogen-bond acceptors (Lipinski definition) is 2. The highest BCUT2D eigenvalue weighted by molar-refractivity contribution is 5.18. The molecule has 3 rings (SSSR count). The van der Waals surface area contributed by atoms with E-state index >= 15 is 0 Å². The van der Waals surface area contributed by atoms with E-state index in [9.17, 15) is 9.50 Å². The van der Waals surface area contributed by atoms with Gasteiger partial charge in [-0.25, -0.2) is 4.39 Å². The molecule has 21 heavy (non-hydrogen) atoms. The van der Waals surface area contributed by atoms with Gasteiger partial charge < -0.3 is 10.0 Å². The van der Waals surface area contributed by atoms with Gasteiger partial charge in [-0.15, -0.1) is 0 Å². The Labute approximate surface area is 127 Å². The van der Waals surface area contributed by atoms with Crippen molar-refractivity contribution in [2.45, 2.75) is 44.6 Å². The summed E-state index contributed by atoms with van der Waals surface area (Å²) in [6.45, 7) is 3.61. The zero-order valence-corrected chi connectivity index (χ0v) is 12.7. The Morgan fingerprint density at radius 2 is 1.71 bits per heavy atom. The summed E-state index contributed by atoms with van der Waals surface area (Å²) in [5, 5.41) is 10.3. The lowest BCUT2D eigenvalue weighted by Gasteiger charge is -2.33. The van der Waals surface area contributed by atoms with Crippen LogP contribution in [0.15, 0.2) is 24.3 Å². The Morgan fingerprint density at radius 1 is 1.05 bits per heavy atom. The highest BCUT2D eigenvalue weighted by Crippen LogP contribution is 2.33. The second-order valence-corrected chi connectivity index (χ2v) is 6.82. The largest absolute Gasteiger partial charge is 0.388 e. The van der Waals surface area contributed by atoms with E-state index in [2.05, 4.69) is 4.90 Å². The van der Waals surface area contributed by atoms with Crippen LogP contribution < -0.4 is 0 Å². The van der Waals surface area contributed by atoms with Crippen molar-refractivity contribution in [2.24, 2.45) is 11.8 Å². The van der Waals surface area contributed by atoms with E-state index in [1.54, 1.807) is 12.1 Å². The first-order chi connectivity index (χ1) is 10.2. The van der Waals surface area contributed by atoms with Crippen LogP contribution in [0.3, 0.4) is 0 Å². The van der Waals surface area contributed by atoms with Crippen molar-refractivity contribution < 1.29 is 9.50 Å². The Balaban J connectivity index is 1.40. The van der Waals surface area contributed by atoms with Crippen molar-refractivity contribution in [1.82, 2.24) is 4.90 Å². The Kier molecular flexibility index (Phi) is 4.91. The molecular weight excluding hydrogens is 265 g/mol. The Bertz CT molecular complexity index is 435. The number of aliphatic hydroxyl groups is 1. The van der Waals surface area contributed by atoms with Crippen LogP contribution >= 0.6 is 0 Å². The lowest BCUT2D eigenvalue weighted by Crippen LogP contribution is -2.35. The Morgan fingerprint density at radius 3 is 2.33 bits per heavy atom. The van der Waals surface area contributed by atoms with Crippen molar-refractivity contribution in [3.8, 4) is 0 Å². The normalized spacial score (nSPS) is 22.4. The average Bonchev–Trinajstić information content (AvgIpc) is 3.31. The number of piperidine rings is 1. The molecule has 2 fully saturated rings. The van der Waals surface area contributed by atoms with E-state index in [1.165, 1.54) is 63.9 Å². The van der Waals surface area contributed by atoms with Crippen molar-refractivity contribution in [3.05, 3.63) is 35.6 Å². The van der Waals surface area contributed by atoms with Crippen LogP contribution in [0, 0.1) is 17.7 Å². The molecule has 1 heterocycles. The second kappa shape index (κ2) is 6.89. The molecule has 1 atom stereocenters. The van der Waals surface area contributed by atoms with Crippen LogP contribution in [-0.4, -0.2) is 29.6 Å². The van der Waals surface area contributed by atoms with Gasteiger partial charge in [0.25, 0.3) is 0 Å². The van der Waals surface area contributed by atoms with Crippen molar-refractivity contribution in [1.29, 1.82) is 0 Å². The molecule has 0 aromatic heterocycles. The minimum absolute atomic E-state index is 0.241. The van der Waals surface area contributed by atoms with Gasteiger partial charge in [0.15, 0.2) is 0 Å². The quantitative estimate of drug-likeness (QED) is 0.862. The van der Waals surface area contributed by atoms with Crippen LogP contribution in [-0.2, 0) is 0 Å². The minimum Gasteiger partial charge on any atom is -0.388 e. The number of hydrogen-bond donors (Lipinski definition) is 1. The first-order valence-corrected chi connectivity index (χ1v) is 8.36. The molecular formula is C18H26FNO. The summed E-state index contributed by atoms with van der Waals surface area (Å²) >= 11 is 0. The number of likely N-dealkylation sites (tertiary alicyclic amines) is 1. The maximum absolute atomic E-state index is 12.9. The summed E-state index contributed by atoms with van der Waals surface area (Å²) in [5.41, 5.74) is 0.840. The number of benzene rings is 1. The molecule has 1 N–H and O–H groups in total. The smallest absolute Gasteiger partial charge is 0.123 e. The van der Waals surface area contributed by atoms with Gasteiger partial charge in [-0.05, 0) is 74.8 Å². The molecule has 0 radical (unpaired) electrons. The van der Waals surface area contributed by atoms with Crippen molar-refractivity contribution >= 4 is 0 Å². The van der Waals surface area contributed by atoms with Crippen molar-refractivity contribution in [2.75, 3.05) is 19.6 Å². The summed E-state index contributed by atoms with van der Waals surface area (Å²) in [5.74, 6) is 1.38. The lowest BCUT2D eigenvalue weighted by molar-refractivity contribution is 0.107. The van der Waals surface area contributed by atoms with E-state index in [4.69, 9.17) is 0 Å². The molecule has 0 spiro atoms. The van der Waals surface area contributed by atoms with E-state index in [0.717, 1.165) is 17.9 Å². The fraction of sp³-hybridized carbons (Fsp3) is 0.667. The molecule has 116 valence electrons. The van der Waals surface area contributed by atoms with Crippen LogP contribution in [0.4, 0.5) is 4.39 Å². The molecule has 0 amide bonds. The lowest BCUT2D eigenvalue weighted by atomic mass is 9.89. The summed E-state index contributed by atoms with van der Waals surface area (Å²) in [7, 11) is 0. The van der Waals surface area contributed by atoms with Gasteiger partial charge in [-0.3, -0.25) is 0 Å². The predicted molar refractivity (Wildman–Crippen MR) is 82.5 cm³/mol. The molecule has 1 aromatic rings. The molecule has 1 aromatic carbocycles. The number of rotatable bonds is 6. The molecule has 2 nitrogen and oxygen atoms in total. The molecule has 2 aliphatic rings. The maximum Gasteiger partial charge on any atom is 0.123 e. The van der Waals surface area contributed by atoms with Crippen LogP contribution in [0.5, 0.6) is 0 Å². The second-order valence-electron chi connectivity index (χ2n) is 6.82. The molecule has 3 heteroatoms. The highest BCUT2D eigenvalue weighted by atomic mass is 19.1. The third-order valence-electron chi connectivity index (χ3n) is 5.07. The first-order valence-electron chi connectivity index (χ1n) is 8.36. The van der Waals surface area contributed by atoms with Gasteiger partial charge in [-0.2, -0.15) is 0 Å². The van der Waals surface area contributed by atoms with E-state index in [1.807, 2.05) is 0 Å². The van der Waals surface area contributed by atoms with Gasteiger partial charge in [0.1, 0.15) is 5.82 Å². The standard InChI is InChI=1S/C18H26FNO/c19-17-5-3-16(4-6-17)18(21)13-15-8-11-20(12-9-15)10-7-14-1-2-14/h3-6,14-15,18,21H,1-2,7-13H2. The van der Waals surface area contributed by atoms with Gasteiger partial charge in [-0.1, -0.05) is 25.0 Å². The number of aliphatic hydroxyl groups excluding tert-OH is 1. The monoisotopic (exact) mass is 291 g/mol. The summed E-state index contributed by atoms with van der Waals surface area (Å²) < 4.78 is 12.9. The fourth-order valence-corrected chi connectivity index (χ4v) is 3.35. The molecule has 0 bridgehead atoms. The minimum atomic E-state index is -0.450. The zero-order chi connectivity index (χ0) is 14.7. The van der Waals surface area contributed by atoms with E-state index < -0.39 is 6.10 Å². The average molecular weight is 291 g/mol. The van der Waals surface area contributed by atoms with Gasteiger partial charge in [0.05, 0.1) is 6.10 Å². The first kappa shape index (κ1) is 15.0. The summed E-state index contributed by atoms with van der Waals surface area (Å²) in [6, 6.07) is 6.26. The van der Waals surface area contributed by atoms with Gasteiger partial charge >= 0.3 is 0 Å². The summed E-state index contributed by atoms with van der Waals surface area (Å²) in [4.78, 5) is 2.58. The SMILES string of the molecule is OC(CC1CCN(CCC2CC2)CC1)c1ccc(F)cc1. The third-order valence-corrected chi connectivity index (χ3v) is 5.07. The highest BCUT2D eigenvalue weighted by Gasteiger charge is 2.25. The molecule has 1 aliphatic heterocycles. The van der Waals surface area contributed by atoms with Crippen LogP contribution in [0.25, 0.3) is 0 Å². The van der Waals surface area contributed by atoms with E-state index in [-0.39, 0.29) is 5.82 Å². The van der Waals surface area contributed by atoms with Crippen LogP contribution in [0.2, 0.25) is 0 Å². The zero-order valence-electron chi connectivity index (χ0n) is 12.7. The van der Waals surface area contributed by atoms with E-state index in [0.29, 0.717) is 5.92 Å². The number of nitrogens with zero attached hydrogens (tertiary/aromatic N) is 1. The maximum atomic E-state index is 12.9. The summed E-state index contributed by atoms with van der Waals surface area (Å²) in [6.07, 6.45) is 6.99. The number of halogens is 1. The third kappa shape index (κ3) is 4.52. The molecule has 1 saturated carbocycles. The molecule has 1 unspecified atom stereocenters. The molecule has 1 saturated heterocycles. The molecule has 1 aliphatic carbocycles. The predicted octanol–water partition coefficient (Wildman–Crippen LogP) is 3.76. The van der Waals surface area contributed by atoms with Crippen molar-refractivity contribution in [3.63, 3.8) is 0 Å². The Hall–Kier alpha value is -0.930.